The average Bonchev–Trinajstić information content (AvgIpc) is 3.21. The quantitative estimate of drug-likeness (QED) is 0.775. The second kappa shape index (κ2) is 6.20. The van der Waals surface area contributed by atoms with Gasteiger partial charge in [-0.2, -0.15) is 13.2 Å². The molecule has 2 atom stereocenters. The molecular formula is C18H26F3N3O2S. The summed E-state index contributed by atoms with van der Waals surface area (Å²) >= 11 is 0. The molecule has 1 saturated carbocycles. The number of hydrogen-bond acceptors (Lipinski definition) is 4. The Labute approximate surface area is 157 Å². The second-order valence-electron chi connectivity index (χ2n) is 8.90. The maximum atomic E-state index is 13.1. The van der Waals surface area contributed by atoms with Crippen molar-refractivity contribution < 1.29 is 21.6 Å². The van der Waals surface area contributed by atoms with Crippen LogP contribution in [0.4, 0.5) is 13.2 Å². The summed E-state index contributed by atoms with van der Waals surface area (Å²) in [5.41, 5.74) is -0.883. The first kappa shape index (κ1) is 19.2. The average molecular weight is 405 g/mol. The van der Waals surface area contributed by atoms with Crippen molar-refractivity contribution >= 4 is 9.84 Å². The van der Waals surface area contributed by atoms with E-state index < -0.39 is 21.7 Å². The monoisotopic (exact) mass is 405 g/mol. The maximum absolute atomic E-state index is 13.1. The smallest absolute Gasteiger partial charge is 0.332 e. The van der Waals surface area contributed by atoms with E-state index in [4.69, 9.17) is 0 Å². The van der Waals surface area contributed by atoms with Gasteiger partial charge >= 0.3 is 6.18 Å². The molecule has 3 aliphatic rings. The number of halogens is 3. The number of rotatable bonds is 3. The van der Waals surface area contributed by atoms with Gasteiger partial charge in [-0.05, 0) is 46.1 Å². The van der Waals surface area contributed by atoms with Gasteiger partial charge in [0.2, 0.25) is 0 Å². The van der Waals surface area contributed by atoms with Crippen molar-refractivity contribution in [1.82, 2.24) is 14.5 Å². The third kappa shape index (κ3) is 3.52. The largest absolute Gasteiger partial charge is 0.434 e. The van der Waals surface area contributed by atoms with Crippen LogP contribution in [-0.4, -0.2) is 53.5 Å². The van der Waals surface area contributed by atoms with E-state index in [1.165, 1.54) is 0 Å². The maximum Gasteiger partial charge on any atom is 0.434 e. The summed E-state index contributed by atoms with van der Waals surface area (Å²) in [6, 6.07) is 0.238. The first-order valence-electron chi connectivity index (χ1n) is 9.58. The molecule has 1 spiro atoms. The number of nitrogens with zero attached hydrogens (tertiary/aromatic N) is 3. The first-order valence-corrected chi connectivity index (χ1v) is 11.4. The molecule has 0 aromatic carbocycles. The van der Waals surface area contributed by atoms with Crippen LogP contribution >= 0.6 is 0 Å². The summed E-state index contributed by atoms with van der Waals surface area (Å²) in [5.74, 6) is 1.15. The highest BCUT2D eigenvalue weighted by Gasteiger charge is 2.53. The van der Waals surface area contributed by atoms with E-state index in [1.807, 2.05) is 13.8 Å². The predicted octanol–water partition coefficient (Wildman–Crippen LogP) is 3.24. The van der Waals surface area contributed by atoms with E-state index in [9.17, 15) is 21.6 Å². The van der Waals surface area contributed by atoms with Crippen LogP contribution in [0.5, 0.6) is 0 Å². The van der Waals surface area contributed by atoms with Crippen LogP contribution in [0.25, 0.3) is 0 Å². The zero-order chi connectivity index (χ0) is 19.6. The number of likely N-dealkylation sites (tertiary alicyclic amines) is 1. The molecule has 3 fully saturated rings. The van der Waals surface area contributed by atoms with Gasteiger partial charge in [0.05, 0.1) is 11.5 Å². The van der Waals surface area contributed by atoms with Crippen molar-refractivity contribution in [3.05, 3.63) is 17.7 Å². The van der Waals surface area contributed by atoms with Crippen LogP contribution in [0.3, 0.4) is 0 Å². The van der Waals surface area contributed by atoms with Gasteiger partial charge < -0.3 is 4.57 Å². The molecule has 27 heavy (non-hydrogen) atoms. The molecule has 9 heteroatoms. The van der Waals surface area contributed by atoms with Gasteiger partial charge in [0.25, 0.3) is 0 Å². The number of imidazole rings is 1. The molecule has 0 radical (unpaired) electrons. The van der Waals surface area contributed by atoms with E-state index in [0.29, 0.717) is 23.4 Å². The topological polar surface area (TPSA) is 55.2 Å². The summed E-state index contributed by atoms with van der Waals surface area (Å²) in [6.45, 7) is 5.44. The van der Waals surface area contributed by atoms with Crippen LogP contribution in [0.1, 0.15) is 63.0 Å². The minimum absolute atomic E-state index is 0.0233. The van der Waals surface area contributed by atoms with Gasteiger partial charge in [0, 0.05) is 36.2 Å². The standard InChI is InChI=1S/C18H26F3N3O2S/c1-12(2)24-8-15(18(19,20)21)22-16(24)13-3-4-14(7-13)23-6-5-17(9-23)10-27(25,26)11-17/h8,12-14H,3-7,9-11H2,1-2H3/t13-,14+/m1/s1. The highest BCUT2D eigenvalue weighted by atomic mass is 32.2. The Balaban J connectivity index is 1.47. The molecule has 1 aliphatic carbocycles. The molecule has 4 rings (SSSR count). The lowest BCUT2D eigenvalue weighted by Gasteiger charge is -2.38. The fourth-order valence-corrected chi connectivity index (χ4v) is 7.44. The Morgan fingerprint density at radius 2 is 1.96 bits per heavy atom. The molecule has 3 heterocycles. The molecule has 0 bridgehead atoms. The van der Waals surface area contributed by atoms with Crippen LogP contribution in [0.2, 0.25) is 0 Å². The lowest BCUT2D eigenvalue weighted by atomic mass is 9.91. The first-order chi connectivity index (χ1) is 12.5. The number of alkyl halides is 3. The molecule has 0 unspecified atom stereocenters. The summed E-state index contributed by atoms with van der Waals surface area (Å²) in [4.78, 5) is 6.32. The van der Waals surface area contributed by atoms with Crippen molar-refractivity contribution in [2.24, 2.45) is 5.41 Å². The summed E-state index contributed by atoms with van der Waals surface area (Å²) < 4.78 is 64.2. The molecule has 1 aromatic rings. The molecular weight excluding hydrogens is 379 g/mol. The van der Waals surface area contributed by atoms with Gasteiger partial charge in [-0.25, -0.2) is 13.4 Å². The van der Waals surface area contributed by atoms with Crippen LogP contribution in [0, 0.1) is 5.41 Å². The van der Waals surface area contributed by atoms with Crippen LogP contribution in [0.15, 0.2) is 6.20 Å². The molecule has 152 valence electrons. The molecule has 0 N–H and O–H groups in total. The minimum Gasteiger partial charge on any atom is -0.332 e. The lowest BCUT2D eigenvalue weighted by Crippen LogP contribution is -2.50. The zero-order valence-corrected chi connectivity index (χ0v) is 16.5. The highest BCUT2D eigenvalue weighted by molar-refractivity contribution is 7.92. The predicted molar refractivity (Wildman–Crippen MR) is 95.3 cm³/mol. The van der Waals surface area contributed by atoms with Crippen molar-refractivity contribution in [3.8, 4) is 0 Å². The van der Waals surface area contributed by atoms with Gasteiger partial charge in [-0.3, -0.25) is 4.90 Å². The van der Waals surface area contributed by atoms with Crippen molar-refractivity contribution in [1.29, 1.82) is 0 Å². The Morgan fingerprint density at radius 3 is 2.56 bits per heavy atom. The summed E-state index contributed by atoms with van der Waals surface area (Å²) in [6.07, 6.45) is 0.171. The van der Waals surface area contributed by atoms with Crippen molar-refractivity contribution in [2.45, 2.75) is 63.7 Å². The summed E-state index contributed by atoms with van der Waals surface area (Å²) in [5, 5.41) is 0. The fraction of sp³-hybridized carbons (Fsp3) is 0.833. The Bertz CT molecular complexity index is 819. The van der Waals surface area contributed by atoms with Gasteiger partial charge in [0.1, 0.15) is 5.82 Å². The highest BCUT2D eigenvalue weighted by Crippen LogP contribution is 2.46. The number of aromatic nitrogens is 2. The van der Waals surface area contributed by atoms with Crippen LogP contribution in [-0.2, 0) is 16.0 Å². The van der Waals surface area contributed by atoms with Gasteiger partial charge in [-0.1, -0.05) is 0 Å². The van der Waals surface area contributed by atoms with E-state index >= 15 is 0 Å². The second-order valence-corrected chi connectivity index (χ2v) is 11.0. The van der Waals surface area contributed by atoms with Gasteiger partial charge in [0.15, 0.2) is 15.5 Å². The minimum atomic E-state index is -4.43. The molecule has 0 amide bonds. The Kier molecular flexibility index (Phi) is 4.42. The SMILES string of the molecule is CC(C)n1cc(C(F)(F)F)nc1[C@@H]1CC[C@H](N2CCC3(C2)CS(=O)(=O)C3)C1. The van der Waals surface area contributed by atoms with Crippen molar-refractivity contribution in [2.75, 3.05) is 24.6 Å². The fourth-order valence-electron chi connectivity index (χ4n) is 5.19. The third-order valence-corrected chi connectivity index (χ3v) is 8.52. The molecule has 2 aliphatic heterocycles. The summed E-state index contributed by atoms with van der Waals surface area (Å²) in [7, 11) is -2.85. The van der Waals surface area contributed by atoms with Crippen LogP contribution < -0.4 is 0 Å². The normalized spacial score (nSPS) is 30.3. The van der Waals surface area contributed by atoms with Gasteiger partial charge in [-0.15, -0.1) is 0 Å². The van der Waals surface area contributed by atoms with E-state index in [0.717, 1.165) is 45.0 Å². The molecule has 1 aromatic heterocycles. The lowest BCUT2D eigenvalue weighted by molar-refractivity contribution is -0.141. The third-order valence-electron chi connectivity index (χ3n) is 6.41. The number of sulfone groups is 1. The Hall–Kier alpha value is -1.09. The van der Waals surface area contributed by atoms with Crippen molar-refractivity contribution in [3.63, 3.8) is 0 Å². The molecule has 5 nitrogen and oxygen atoms in total. The van der Waals surface area contributed by atoms with E-state index in [2.05, 4.69) is 9.88 Å². The Morgan fingerprint density at radius 1 is 1.26 bits per heavy atom. The zero-order valence-electron chi connectivity index (χ0n) is 15.7. The molecule has 2 saturated heterocycles. The number of hydrogen-bond donors (Lipinski definition) is 0. The van der Waals surface area contributed by atoms with E-state index in [-0.39, 0.29) is 17.4 Å². The van der Waals surface area contributed by atoms with E-state index in [1.54, 1.807) is 4.57 Å².